The van der Waals surface area contributed by atoms with E-state index < -0.39 is 33.3 Å². The molecule has 1 N–H and O–H groups in total. The zero-order valence-corrected chi connectivity index (χ0v) is 15.3. The minimum absolute atomic E-state index is 0.0460. The lowest BCUT2D eigenvalue weighted by Gasteiger charge is -2.17. The van der Waals surface area contributed by atoms with E-state index in [9.17, 15) is 22.0 Å². The number of anilines is 1. The maximum Gasteiger partial charge on any atom is 0.255 e. The van der Waals surface area contributed by atoms with Crippen molar-refractivity contribution < 1.29 is 22.0 Å². The Balaban J connectivity index is 2.17. The molecule has 5 nitrogen and oxygen atoms in total. The summed E-state index contributed by atoms with van der Waals surface area (Å²) in [5, 5.41) is 2.15. The molecule has 0 aliphatic carbocycles. The number of halogens is 2. The van der Waals surface area contributed by atoms with Crippen molar-refractivity contribution in [3.63, 3.8) is 0 Å². The summed E-state index contributed by atoms with van der Waals surface area (Å²) in [6, 6.07) is 8.44. The molecule has 0 fully saturated rings. The van der Waals surface area contributed by atoms with Crippen molar-refractivity contribution in [1.29, 1.82) is 0 Å². The van der Waals surface area contributed by atoms with Crippen LogP contribution in [-0.4, -0.2) is 32.2 Å². The van der Waals surface area contributed by atoms with Crippen LogP contribution in [-0.2, 0) is 10.0 Å². The molecule has 0 spiro atoms. The zero-order valence-electron chi connectivity index (χ0n) is 14.5. The summed E-state index contributed by atoms with van der Waals surface area (Å²) in [5.41, 5.74) is -0.462. The quantitative estimate of drug-likeness (QED) is 0.795. The fraction of sp³-hybridized carbons (Fsp3) is 0.278. The third-order valence-corrected chi connectivity index (χ3v) is 5.72. The average Bonchev–Trinajstić information content (AvgIpc) is 2.62. The average molecular weight is 382 g/mol. The summed E-state index contributed by atoms with van der Waals surface area (Å²) in [6.45, 7) is 2.36. The second kappa shape index (κ2) is 8.37. The molecule has 0 heterocycles. The maximum atomic E-state index is 13.6. The number of hydrogen-bond acceptors (Lipinski definition) is 3. The first-order chi connectivity index (χ1) is 12.3. The number of carbonyl (C=O) groups is 1. The lowest BCUT2D eigenvalue weighted by molar-refractivity contribution is 0.102. The van der Waals surface area contributed by atoms with Gasteiger partial charge >= 0.3 is 0 Å². The molecule has 0 aliphatic heterocycles. The molecule has 0 atom stereocenters. The van der Waals surface area contributed by atoms with Gasteiger partial charge in [-0.1, -0.05) is 19.4 Å². The van der Waals surface area contributed by atoms with E-state index in [2.05, 4.69) is 5.32 Å². The fourth-order valence-corrected chi connectivity index (χ4v) is 3.47. The van der Waals surface area contributed by atoms with Gasteiger partial charge in [0, 0.05) is 19.2 Å². The Kier molecular flexibility index (Phi) is 6.44. The van der Waals surface area contributed by atoms with Gasteiger partial charge in [-0.2, -0.15) is 0 Å². The Bertz CT molecular complexity index is 864. The lowest BCUT2D eigenvalue weighted by Crippen LogP contribution is -2.28. The summed E-state index contributed by atoms with van der Waals surface area (Å²) in [5.74, 6) is -2.53. The van der Waals surface area contributed by atoms with Gasteiger partial charge in [0.05, 0.1) is 4.90 Å². The molecule has 0 bridgehead atoms. The molecule has 2 aromatic carbocycles. The highest BCUT2D eigenvalue weighted by Gasteiger charge is 2.21. The number of unbranched alkanes of at least 4 members (excludes halogenated alkanes) is 1. The first kappa shape index (κ1) is 20.0. The normalized spacial score (nSPS) is 11.6. The molecule has 1 amide bonds. The SMILES string of the molecule is CCCCN(C)S(=O)(=O)c1ccc(C(=O)Nc2c(F)cccc2F)cc1. The van der Waals surface area contributed by atoms with E-state index >= 15 is 0 Å². The van der Waals surface area contributed by atoms with Gasteiger partial charge in [-0.05, 0) is 42.8 Å². The Morgan fingerprint density at radius 3 is 2.19 bits per heavy atom. The molecule has 0 unspecified atom stereocenters. The molecule has 0 aliphatic rings. The van der Waals surface area contributed by atoms with E-state index in [1.807, 2.05) is 6.92 Å². The van der Waals surface area contributed by atoms with Crippen molar-refractivity contribution in [3.8, 4) is 0 Å². The molecule has 0 saturated carbocycles. The third kappa shape index (κ3) is 4.44. The van der Waals surface area contributed by atoms with Gasteiger partial charge < -0.3 is 5.32 Å². The highest BCUT2D eigenvalue weighted by atomic mass is 32.2. The Labute approximate surface area is 151 Å². The largest absolute Gasteiger partial charge is 0.317 e. The molecule has 8 heteroatoms. The fourth-order valence-electron chi connectivity index (χ4n) is 2.26. The third-order valence-electron chi connectivity index (χ3n) is 3.85. The number of rotatable bonds is 7. The molecular weight excluding hydrogens is 362 g/mol. The minimum atomic E-state index is -3.64. The van der Waals surface area contributed by atoms with Crippen LogP contribution in [0.5, 0.6) is 0 Å². The highest BCUT2D eigenvalue weighted by molar-refractivity contribution is 7.89. The van der Waals surface area contributed by atoms with E-state index in [4.69, 9.17) is 0 Å². The summed E-state index contributed by atoms with van der Waals surface area (Å²) >= 11 is 0. The van der Waals surface area contributed by atoms with Crippen LogP contribution in [0.2, 0.25) is 0 Å². The first-order valence-corrected chi connectivity index (χ1v) is 9.53. The van der Waals surface area contributed by atoms with Gasteiger partial charge in [-0.15, -0.1) is 0 Å². The standard InChI is InChI=1S/C18H20F2N2O3S/c1-3-4-12-22(2)26(24,25)14-10-8-13(9-11-14)18(23)21-17-15(19)6-5-7-16(17)20/h5-11H,3-4,12H2,1-2H3,(H,21,23). The van der Waals surface area contributed by atoms with Crippen molar-refractivity contribution in [2.24, 2.45) is 0 Å². The van der Waals surface area contributed by atoms with Crippen molar-refractivity contribution in [1.82, 2.24) is 4.31 Å². The van der Waals surface area contributed by atoms with Crippen LogP contribution in [0.4, 0.5) is 14.5 Å². The zero-order chi connectivity index (χ0) is 19.3. The predicted molar refractivity (Wildman–Crippen MR) is 95.5 cm³/mol. The summed E-state index contributed by atoms with van der Waals surface area (Å²) in [4.78, 5) is 12.2. The van der Waals surface area contributed by atoms with Gasteiger partial charge in [-0.3, -0.25) is 4.79 Å². The number of carbonyl (C=O) groups excluding carboxylic acids is 1. The van der Waals surface area contributed by atoms with Crippen molar-refractivity contribution in [2.75, 3.05) is 18.9 Å². The van der Waals surface area contributed by atoms with Gasteiger partial charge in [0.2, 0.25) is 10.0 Å². The summed E-state index contributed by atoms with van der Waals surface area (Å²) in [7, 11) is -2.15. The Hall–Kier alpha value is -2.32. The molecular formula is C18H20F2N2O3S. The smallest absolute Gasteiger partial charge is 0.255 e. The monoisotopic (exact) mass is 382 g/mol. The maximum absolute atomic E-state index is 13.6. The topological polar surface area (TPSA) is 66.5 Å². The van der Waals surface area contributed by atoms with Crippen LogP contribution in [0, 0.1) is 11.6 Å². The molecule has 2 rings (SSSR count). The van der Waals surface area contributed by atoms with Crippen molar-refractivity contribution >= 4 is 21.6 Å². The number of sulfonamides is 1. The van der Waals surface area contributed by atoms with E-state index in [0.29, 0.717) is 6.54 Å². The van der Waals surface area contributed by atoms with Gasteiger partial charge in [0.1, 0.15) is 17.3 Å². The van der Waals surface area contributed by atoms with Crippen LogP contribution in [0.1, 0.15) is 30.1 Å². The van der Waals surface area contributed by atoms with Gasteiger partial charge in [0.15, 0.2) is 0 Å². The van der Waals surface area contributed by atoms with E-state index in [1.165, 1.54) is 41.7 Å². The number of hydrogen-bond donors (Lipinski definition) is 1. The Morgan fingerprint density at radius 1 is 1.08 bits per heavy atom. The van der Waals surface area contributed by atoms with Gasteiger partial charge in [-0.25, -0.2) is 21.5 Å². The van der Waals surface area contributed by atoms with Crippen LogP contribution < -0.4 is 5.32 Å². The van der Waals surface area contributed by atoms with Gasteiger partial charge in [0.25, 0.3) is 5.91 Å². The number of nitrogens with one attached hydrogen (secondary N) is 1. The number of para-hydroxylation sites is 1. The number of benzene rings is 2. The molecule has 0 radical (unpaired) electrons. The van der Waals surface area contributed by atoms with Crippen LogP contribution in [0.15, 0.2) is 47.4 Å². The van der Waals surface area contributed by atoms with Crippen LogP contribution in [0.3, 0.4) is 0 Å². The molecule has 26 heavy (non-hydrogen) atoms. The van der Waals surface area contributed by atoms with Crippen molar-refractivity contribution in [2.45, 2.75) is 24.7 Å². The molecule has 140 valence electrons. The molecule has 2 aromatic rings. The van der Waals surface area contributed by atoms with E-state index in [-0.39, 0.29) is 10.5 Å². The number of nitrogens with zero attached hydrogens (tertiary/aromatic N) is 1. The van der Waals surface area contributed by atoms with E-state index in [0.717, 1.165) is 25.0 Å². The highest BCUT2D eigenvalue weighted by Crippen LogP contribution is 2.20. The Morgan fingerprint density at radius 2 is 1.65 bits per heavy atom. The first-order valence-electron chi connectivity index (χ1n) is 8.09. The minimum Gasteiger partial charge on any atom is -0.317 e. The second-order valence-electron chi connectivity index (χ2n) is 5.76. The van der Waals surface area contributed by atoms with E-state index in [1.54, 1.807) is 0 Å². The second-order valence-corrected chi connectivity index (χ2v) is 7.80. The molecule has 0 saturated heterocycles. The van der Waals surface area contributed by atoms with Crippen LogP contribution >= 0.6 is 0 Å². The lowest BCUT2D eigenvalue weighted by atomic mass is 10.2. The van der Waals surface area contributed by atoms with Crippen molar-refractivity contribution in [3.05, 3.63) is 59.7 Å². The summed E-state index contributed by atoms with van der Waals surface area (Å²) in [6.07, 6.45) is 1.61. The number of amides is 1. The van der Waals surface area contributed by atoms with Crippen LogP contribution in [0.25, 0.3) is 0 Å². The molecule has 0 aromatic heterocycles. The summed E-state index contributed by atoms with van der Waals surface area (Å²) < 4.78 is 53.3. The predicted octanol–water partition coefficient (Wildman–Crippen LogP) is 3.64.